The molecule has 3 heterocycles. The third-order valence-electron chi connectivity index (χ3n) is 4.53. The van der Waals surface area contributed by atoms with E-state index < -0.39 is 17.7 Å². The van der Waals surface area contributed by atoms with Crippen LogP contribution >= 0.6 is 0 Å². The van der Waals surface area contributed by atoms with E-state index in [0.717, 1.165) is 22.8 Å². The van der Waals surface area contributed by atoms with Crippen molar-refractivity contribution in [1.82, 2.24) is 14.8 Å². The van der Waals surface area contributed by atoms with Gasteiger partial charge in [-0.3, -0.25) is 4.68 Å². The topological polar surface area (TPSA) is 54.2 Å². The van der Waals surface area contributed by atoms with Crippen LogP contribution in [0.15, 0.2) is 36.7 Å². The van der Waals surface area contributed by atoms with Gasteiger partial charge in [-0.2, -0.15) is 5.10 Å². The standard InChI is InChI=1S/C17H16F2N4O/c1-22-17-12(8-21-22)15(4-5-20-17)23-9-11(24)7-16(23)10-2-3-13(18)14(19)6-10/h2-6,8,11,16,24H,7,9H2,1H3/t11-,16-/m1/s1. The lowest BCUT2D eigenvalue weighted by atomic mass is 10.0. The Bertz CT molecular complexity index is 911. The van der Waals surface area contributed by atoms with Crippen molar-refractivity contribution in [3.63, 3.8) is 0 Å². The highest BCUT2D eigenvalue weighted by Crippen LogP contribution is 2.39. The van der Waals surface area contributed by atoms with Crippen LogP contribution in [0.2, 0.25) is 0 Å². The summed E-state index contributed by atoms with van der Waals surface area (Å²) in [6.07, 6.45) is 3.33. The normalized spacial score (nSPS) is 20.9. The second kappa shape index (κ2) is 5.52. The minimum atomic E-state index is -0.880. The molecule has 2 atom stereocenters. The maximum absolute atomic E-state index is 13.6. The number of aryl methyl sites for hydroxylation is 1. The highest BCUT2D eigenvalue weighted by Gasteiger charge is 2.33. The number of aliphatic hydroxyl groups is 1. The molecule has 1 aliphatic heterocycles. The Morgan fingerprint density at radius 3 is 2.83 bits per heavy atom. The number of anilines is 1. The van der Waals surface area contributed by atoms with Gasteiger partial charge in [-0.1, -0.05) is 6.07 Å². The second-order valence-electron chi connectivity index (χ2n) is 6.07. The fourth-order valence-electron chi connectivity index (χ4n) is 3.40. The highest BCUT2D eigenvalue weighted by molar-refractivity contribution is 5.89. The Morgan fingerprint density at radius 2 is 2.04 bits per heavy atom. The van der Waals surface area contributed by atoms with E-state index in [0.29, 0.717) is 18.5 Å². The zero-order valence-corrected chi connectivity index (χ0v) is 13.0. The molecule has 1 fully saturated rings. The quantitative estimate of drug-likeness (QED) is 0.785. The summed E-state index contributed by atoms with van der Waals surface area (Å²) in [6, 6.07) is 5.51. The molecule has 2 aromatic heterocycles. The molecule has 0 spiro atoms. The van der Waals surface area contributed by atoms with E-state index in [2.05, 4.69) is 10.1 Å². The maximum Gasteiger partial charge on any atom is 0.159 e. The fraction of sp³-hybridized carbons (Fsp3) is 0.294. The van der Waals surface area contributed by atoms with Crippen molar-refractivity contribution < 1.29 is 13.9 Å². The Kier molecular flexibility index (Phi) is 3.45. The molecule has 1 saturated heterocycles. The van der Waals surface area contributed by atoms with Crippen LogP contribution < -0.4 is 4.90 Å². The lowest BCUT2D eigenvalue weighted by Gasteiger charge is -2.27. The summed E-state index contributed by atoms with van der Waals surface area (Å²) in [6.45, 7) is 0.414. The number of hydrogen-bond donors (Lipinski definition) is 1. The van der Waals surface area contributed by atoms with Crippen molar-refractivity contribution in [2.24, 2.45) is 7.05 Å². The van der Waals surface area contributed by atoms with Crippen LogP contribution in [-0.4, -0.2) is 32.5 Å². The molecule has 0 saturated carbocycles. The van der Waals surface area contributed by atoms with Gasteiger partial charge in [0.2, 0.25) is 0 Å². The molecule has 1 aliphatic rings. The molecule has 124 valence electrons. The largest absolute Gasteiger partial charge is 0.391 e. The van der Waals surface area contributed by atoms with Crippen LogP contribution in [0.1, 0.15) is 18.0 Å². The minimum absolute atomic E-state index is 0.235. The number of benzene rings is 1. The zero-order chi connectivity index (χ0) is 16.8. The summed E-state index contributed by atoms with van der Waals surface area (Å²) < 4.78 is 28.6. The van der Waals surface area contributed by atoms with Crippen LogP contribution in [0.3, 0.4) is 0 Å². The summed E-state index contributed by atoms with van der Waals surface area (Å²) in [5, 5.41) is 15.2. The maximum atomic E-state index is 13.6. The minimum Gasteiger partial charge on any atom is -0.391 e. The van der Waals surface area contributed by atoms with Gasteiger partial charge in [-0.15, -0.1) is 0 Å². The average Bonchev–Trinajstić information content (AvgIpc) is 3.14. The predicted molar refractivity (Wildman–Crippen MR) is 85.6 cm³/mol. The zero-order valence-electron chi connectivity index (χ0n) is 13.0. The number of β-amino-alcohol motifs (C(OH)–C–C–N with tert-alkyl or cyclic N) is 1. The molecule has 0 amide bonds. The number of aromatic nitrogens is 3. The van der Waals surface area contributed by atoms with Crippen molar-refractivity contribution >= 4 is 16.7 Å². The Labute approximate surface area is 137 Å². The van der Waals surface area contributed by atoms with E-state index >= 15 is 0 Å². The van der Waals surface area contributed by atoms with Gasteiger partial charge in [0.15, 0.2) is 17.3 Å². The predicted octanol–water partition coefficient (Wildman–Crippen LogP) is 2.56. The Balaban J connectivity index is 1.81. The summed E-state index contributed by atoms with van der Waals surface area (Å²) in [5.74, 6) is -1.75. The Hall–Kier alpha value is -2.54. The van der Waals surface area contributed by atoms with Crippen molar-refractivity contribution in [3.05, 3.63) is 53.9 Å². The van der Waals surface area contributed by atoms with E-state index in [-0.39, 0.29) is 6.04 Å². The molecule has 0 aliphatic carbocycles. The Morgan fingerprint density at radius 1 is 1.21 bits per heavy atom. The molecule has 4 rings (SSSR count). The number of hydrogen-bond acceptors (Lipinski definition) is 4. The second-order valence-corrected chi connectivity index (χ2v) is 6.07. The van der Waals surface area contributed by atoms with Crippen LogP contribution in [0.4, 0.5) is 14.5 Å². The third kappa shape index (κ3) is 2.32. The highest BCUT2D eigenvalue weighted by atomic mass is 19.2. The first kappa shape index (κ1) is 15.0. The van der Waals surface area contributed by atoms with Crippen LogP contribution in [0.5, 0.6) is 0 Å². The number of nitrogens with zero attached hydrogens (tertiary/aromatic N) is 4. The van der Waals surface area contributed by atoms with Gasteiger partial charge in [0.05, 0.1) is 29.4 Å². The van der Waals surface area contributed by atoms with Crippen molar-refractivity contribution in [2.75, 3.05) is 11.4 Å². The van der Waals surface area contributed by atoms with Gasteiger partial charge >= 0.3 is 0 Å². The van der Waals surface area contributed by atoms with Gasteiger partial charge < -0.3 is 10.0 Å². The van der Waals surface area contributed by atoms with Gasteiger partial charge in [0.1, 0.15) is 0 Å². The molecule has 3 aromatic rings. The molecule has 0 bridgehead atoms. The van der Waals surface area contributed by atoms with Crippen LogP contribution in [0, 0.1) is 11.6 Å². The average molecular weight is 330 g/mol. The number of fused-ring (bicyclic) bond motifs is 1. The van der Waals surface area contributed by atoms with Crippen molar-refractivity contribution in [2.45, 2.75) is 18.6 Å². The summed E-state index contributed by atoms with van der Waals surface area (Å²) in [7, 11) is 1.81. The number of rotatable bonds is 2. The van der Waals surface area contributed by atoms with Crippen LogP contribution in [-0.2, 0) is 7.05 Å². The molecular formula is C17H16F2N4O. The van der Waals surface area contributed by atoms with E-state index in [1.807, 2.05) is 18.0 Å². The number of pyridine rings is 1. The summed E-state index contributed by atoms with van der Waals surface area (Å²) in [5.41, 5.74) is 2.25. The summed E-state index contributed by atoms with van der Waals surface area (Å²) in [4.78, 5) is 6.32. The SMILES string of the molecule is Cn1ncc2c(N3C[C@H](O)C[C@@H]3c3ccc(F)c(F)c3)ccnc21. The van der Waals surface area contributed by atoms with Crippen molar-refractivity contribution in [1.29, 1.82) is 0 Å². The number of aliphatic hydroxyl groups excluding tert-OH is 1. The summed E-state index contributed by atoms with van der Waals surface area (Å²) >= 11 is 0. The molecule has 5 nitrogen and oxygen atoms in total. The van der Waals surface area contributed by atoms with Gasteiger partial charge in [-0.05, 0) is 30.2 Å². The molecule has 7 heteroatoms. The lowest BCUT2D eigenvalue weighted by Crippen LogP contribution is -2.24. The fourth-order valence-corrected chi connectivity index (χ4v) is 3.40. The van der Waals surface area contributed by atoms with Crippen molar-refractivity contribution in [3.8, 4) is 0 Å². The molecule has 0 radical (unpaired) electrons. The lowest BCUT2D eigenvalue weighted by molar-refractivity contribution is 0.194. The molecule has 24 heavy (non-hydrogen) atoms. The molecule has 0 unspecified atom stereocenters. The van der Waals surface area contributed by atoms with E-state index in [1.54, 1.807) is 23.1 Å². The first-order chi connectivity index (χ1) is 11.5. The molecular weight excluding hydrogens is 314 g/mol. The first-order valence-electron chi connectivity index (χ1n) is 7.71. The third-order valence-corrected chi connectivity index (χ3v) is 4.53. The smallest absolute Gasteiger partial charge is 0.159 e. The van der Waals surface area contributed by atoms with E-state index in [9.17, 15) is 13.9 Å². The van der Waals surface area contributed by atoms with Crippen LogP contribution in [0.25, 0.3) is 11.0 Å². The van der Waals surface area contributed by atoms with E-state index in [4.69, 9.17) is 0 Å². The monoisotopic (exact) mass is 330 g/mol. The van der Waals surface area contributed by atoms with Gasteiger partial charge in [0, 0.05) is 19.8 Å². The first-order valence-corrected chi connectivity index (χ1v) is 7.71. The van der Waals surface area contributed by atoms with E-state index in [1.165, 1.54) is 6.07 Å². The molecule has 1 N–H and O–H groups in total. The van der Waals surface area contributed by atoms with Gasteiger partial charge in [-0.25, -0.2) is 13.8 Å². The van der Waals surface area contributed by atoms with Gasteiger partial charge in [0.25, 0.3) is 0 Å². The number of halogens is 2. The molecule has 1 aromatic carbocycles.